The van der Waals surface area contributed by atoms with Crippen LogP contribution in [-0.2, 0) is 11.3 Å². The number of nitrogens with one attached hydrogen (secondary N) is 1. The fraction of sp³-hybridized carbons (Fsp3) is 0.238. The molecule has 0 saturated heterocycles. The number of non-ortho nitro benzene ring substituents is 1. The zero-order valence-electron chi connectivity index (χ0n) is 16.5. The molecule has 11 heteroatoms. The highest BCUT2D eigenvalue weighted by atomic mass is 35.5. The van der Waals surface area contributed by atoms with Gasteiger partial charge in [0.25, 0.3) is 12.1 Å². The largest absolute Gasteiger partial charge is 0.457 e. The molecule has 32 heavy (non-hydrogen) atoms. The molecule has 166 valence electrons. The summed E-state index contributed by atoms with van der Waals surface area (Å²) in [6.07, 6.45) is -1.03. The van der Waals surface area contributed by atoms with Gasteiger partial charge in [-0.1, -0.05) is 11.6 Å². The van der Waals surface area contributed by atoms with Crippen LogP contribution in [0.5, 0.6) is 11.5 Å². The van der Waals surface area contributed by atoms with Crippen LogP contribution in [0.4, 0.5) is 20.2 Å². The second-order valence-corrected chi connectivity index (χ2v) is 7.74. The molecule has 1 saturated carbocycles. The average molecular weight is 463 g/mol. The maximum atomic E-state index is 13.0. The van der Waals surface area contributed by atoms with Crippen molar-refractivity contribution in [3.63, 3.8) is 0 Å². The third-order valence-electron chi connectivity index (χ3n) is 4.78. The maximum absolute atomic E-state index is 13.0. The number of benzene rings is 2. The van der Waals surface area contributed by atoms with Gasteiger partial charge in [0.15, 0.2) is 0 Å². The molecule has 0 radical (unpaired) electrons. The van der Waals surface area contributed by atoms with Gasteiger partial charge in [-0.2, -0.15) is 5.10 Å². The summed E-state index contributed by atoms with van der Waals surface area (Å²) in [5.41, 5.74) is 0.0434. The SMILES string of the molecule is O=C(Cn1nc(C(F)F)cc1C1CC1)Nc1cc(Oc2ccc(Cl)cc2)cc([N+](=O)[O-])c1. The lowest BCUT2D eigenvalue weighted by atomic mass is 10.2. The number of halogens is 3. The lowest BCUT2D eigenvalue weighted by Crippen LogP contribution is -2.21. The van der Waals surface area contributed by atoms with Crippen LogP contribution in [0.15, 0.2) is 48.5 Å². The van der Waals surface area contributed by atoms with E-state index in [1.54, 1.807) is 24.3 Å². The molecule has 3 aromatic rings. The van der Waals surface area contributed by atoms with E-state index in [4.69, 9.17) is 16.3 Å². The summed E-state index contributed by atoms with van der Waals surface area (Å²) in [4.78, 5) is 23.3. The number of nitrogens with zero attached hydrogens (tertiary/aromatic N) is 3. The summed E-state index contributed by atoms with van der Waals surface area (Å²) in [6.45, 7) is -0.297. The monoisotopic (exact) mass is 462 g/mol. The first-order chi connectivity index (χ1) is 15.3. The van der Waals surface area contributed by atoms with Crippen molar-refractivity contribution in [3.8, 4) is 11.5 Å². The molecule has 1 N–H and O–H groups in total. The second kappa shape index (κ2) is 8.91. The van der Waals surface area contributed by atoms with Gasteiger partial charge in [0.05, 0.1) is 16.7 Å². The average Bonchev–Trinajstić information content (AvgIpc) is 3.49. The molecular formula is C21H17ClF2N4O4. The van der Waals surface area contributed by atoms with Crippen LogP contribution in [0.2, 0.25) is 5.02 Å². The van der Waals surface area contributed by atoms with E-state index >= 15 is 0 Å². The molecule has 1 aromatic heterocycles. The van der Waals surface area contributed by atoms with E-state index in [0.717, 1.165) is 12.8 Å². The van der Waals surface area contributed by atoms with E-state index in [1.165, 1.54) is 28.9 Å². The van der Waals surface area contributed by atoms with E-state index in [1.807, 2.05) is 0 Å². The highest BCUT2D eigenvalue weighted by Crippen LogP contribution is 2.41. The van der Waals surface area contributed by atoms with Crippen LogP contribution in [0.25, 0.3) is 0 Å². The van der Waals surface area contributed by atoms with Crippen molar-refractivity contribution >= 4 is 28.9 Å². The first-order valence-electron chi connectivity index (χ1n) is 9.67. The van der Waals surface area contributed by atoms with Crippen molar-refractivity contribution in [2.75, 3.05) is 5.32 Å². The summed E-state index contributed by atoms with van der Waals surface area (Å²) in [6, 6.07) is 11.5. The minimum Gasteiger partial charge on any atom is -0.457 e. The van der Waals surface area contributed by atoms with Gasteiger partial charge in [-0.25, -0.2) is 8.78 Å². The van der Waals surface area contributed by atoms with Gasteiger partial charge in [-0.15, -0.1) is 0 Å². The number of rotatable bonds is 8. The Kier molecular flexibility index (Phi) is 6.04. The smallest absolute Gasteiger partial charge is 0.282 e. The van der Waals surface area contributed by atoms with Gasteiger partial charge in [-0.3, -0.25) is 19.6 Å². The molecule has 0 atom stereocenters. The van der Waals surface area contributed by atoms with Crippen LogP contribution >= 0.6 is 11.6 Å². The number of nitro groups is 1. The van der Waals surface area contributed by atoms with E-state index in [0.29, 0.717) is 16.5 Å². The Hall–Kier alpha value is -3.53. The minimum absolute atomic E-state index is 0.111. The number of aromatic nitrogens is 2. The third-order valence-corrected chi connectivity index (χ3v) is 5.03. The van der Waals surface area contributed by atoms with Crippen LogP contribution in [0, 0.1) is 10.1 Å². The summed E-state index contributed by atoms with van der Waals surface area (Å²) < 4.78 is 33.0. The molecule has 4 rings (SSSR count). The Labute approximate surface area is 185 Å². The molecule has 0 unspecified atom stereocenters. The van der Waals surface area contributed by atoms with Gasteiger partial charge in [0.2, 0.25) is 5.91 Å². The highest BCUT2D eigenvalue weighted by molar-refractivity contribution is 6.30. The third kappa shape index (κ3) is 5.20. The molecule has 1 heterocycles. The fourth-order valence-corrected chi connectivity index (χ4v) is 3.31. The lowest BCUT2D eigenvalue weighted by Gasteiger charge is -2.11. The van der Waals surface area contributed by atoms with Crippen molar-refractivity contribution in [1.82, 2.24) is 9.78 Å². The number of carbonyl (C=O) groups is 1. The van der Waals surface area contributed by atoms with E-state index in [9.17, 15) is 23.7 Å². The zero-order chi connectivity index (χ0) is 22.8. The Morgan fingerprint density at radius 2 is 1.94 bits per heavy atom. The molecular weight excluding hydrogens is 446 g/mol. The molecule has 2 aromatic carbocycles. The Balaban J connectivity index is 1.53. The predicted molar refractivity (Wildman–Crippen MR) is 112 cm³/mol. The molecule has 8 nitrogen and oxygen atoms in total. The van der Waals surface area contributed by atoms with Crippen LogP contribution < -0.4 is 10.1 Å². The summed E-state index contributed by atoms with van der Waals surface area (Å²) >= 11 is 5.84. The number of hydrogen-bond acceptors (Lipinski definition) is 5. The molecule has 0 bridgehead atoms. The highest BCUT2D eigenvalue weighted by Gasteiger charge is 2.30. The van der Waals surface area contributed by atoms with Gasteiger partial charge < -0.3 is 10.1 Å². The Morgan fingerprint density at radius 1 is 1.22 bits per heavy atom. The fourth-order valence-electron chi connectivity index (χ4n) is 3.19. The first kappa shape index (κ1) is 21.7. The lowest BCUT2D eigenvalue weighted by molar-refractivity contribution is -0.384. The first-order valence-corrected chi connectivity index (χ1v) is 10.0. The Bertz CT molecular complexity index is 1160. The van der Waals surface area contributed by atoms with E-state index in [2.05, 4.69) is 10.4 Å². The van der Waals surface area contributed by atoms with E-state index < -0.39 is 17.3 Å². The predicted octanol–water partition coefficient (Wildman–Crippen LogP) is 5.69. The number of anilines is 1. The summed E-state index contributed by atoms with van der Waals surface area (Å²) in [5, 5.41) is 18.2. The summed E-state index contributed by atoms with van der Waals surface area (Å²) in [5.74, 6) is 0.0839. The van der Waals surface area contributed by atoms with Gasteiger partial charge in [-0.05, 0) is 43.2 Å². The normalized spacial score (nSPS) is 13.2. The quantitative estimate of drug-likeness (QED) is 0.342. The number of alkyl halides is 2. The van der Waals surface area contributed by atoms with Crippen molar-refractivity contribution in [3.05, 3.63) is 75.1 Å². The zero-order valence-corrected chi connectivity index (χ0v) is 17.3. The molecule has 1 aliphatic rings. The molecule has 0 aliphatic heterocycles. The van der Waals surface area contributed by atoms with E-state index in [-0.39, 0.29) is 35.3 Å². The summed E-state index contributed by atoms with van der Waals surface area (Å²) in [7, 11) is 0. The maximum Gasteiger partial charge on any atom is 0.282 e. The van der Waals surface area contributed by atoms with Crippen LogP contribution in [0.1, 0.15) is 36.6 Å². The number of ether oxygens (including phenoxy) is 1. The second-order valence-electron chi connectivity index (χ2n) is 7.30. The van der Waals surface area contributed by atoms with Crippen LogP contribution in [0.3, 0.4) is 0 Å². The number of hydrogen-bond donors (Lipinski definition) is 1. The minimum atomic E-state index is -2.74. The van der Waals surface area contributed by atoms with Gasteiger partial charge in [0, 0.05) is 28.8 Å². The number of nitro benzene ring substituents is 1. The van der Waals surface area contributed by atoms with Crippen LogP contribution in [-0.4, -0.2) is 20.6 Å². The van der Waals surface area contributed by atoms with Gasteiger partial charge >= 0.3 is 0 Å². The topological polar surface area (TPSA) is 99.3 Å². The molecule has 1 aliphatic carbocycles. The number of carbonyl (C=O) groups excluding carboxylic acids is 1. The standard InChI is InChI=1S/C21H17ClF2N4O4/c22-13-3-5-16(6-4-13)32-17-8-14(7-15(9-17)28(30)31)25-20(29)11-27-19(12-1-2-12)10-18(26-27)21(23)24/h3-10,12,21H,1-2,11H2,(H,25,29). The van der Waals surface area contributed by atoms with Crippen molar-refractivity contribution < 1.29 is 23.2 Å². The molecule has 0 spiro atoms. The van der Waals surface area contributed by atoms with Gasteiger partial charge in [0.1, 0.15) is 23.7 Å². The molecule has 1 fully saturated rings. The number of amides is 1. The van der Waals surface area contributed by atoms with Crippen molar-refractivity contribution in [2.24, 2.45) is 0 Å². The van der Waals surface area contributed by atoms with Crippen molar-refractivity contribution in [1.29, 1.82) is 0 Å². The molecule has 1 amide bonds. The van der Waals surface area contributed by atoms with Crippen molar-refractivity contribution in [2.45, 2.75) is 31.7 Å². The Morgan fingerprint density at radius 3 is 2.56 bits per heavy atom.